The number of halogens is 2. The summed E-state index contributed by atoms with van der Waals surface area (Å²) in [5.74, 6) is 0.123. The molecular formula is C17H17Cl2N3O3. The van der Waals surface area contributed by atoms with Gasteiger partial charge in [-0.3, -0.25) is 9.59 Å². The molecule has 1 aromatic heterocycles. The van der Waals surface area contributed by atoms with Gasteiger partial charge in [0.2, 0.25) is 5.91 Å². The van der Waals surface area contributed by atoms with Gasteiger partial charge in [0, 0.05) is 31.2 Å². The van der Waals surface area contributed by atoms with E-state index in [2.05, 4.69) is 5.32 Å². The molecular weight excluding hydrogens is 365 g/mol. The maximum Gasteiger partial charge on any atom is 0.289 e. The van der Waals surface area contributed by atoms with Gasteiger partial charge in [0.25, 0.3) is 5.91 Å². The maximum atomic E-state index is 12.3. The van der Waals surface area contributed by atoms with Crippen LogP contribution in [0.2, 0.25) is 10.0 Å². The molecule has 3 rings (SSSR count). The van der Waals surface area contributed by atoms with Gasteiger partial charge >= 0.3 is 0 Å². The fraction of sp³-hybridized carbons (Fsp3) is 0.294. The molecule has 2 heterocycles. The summed E-state index contributed by atoms with van der Waals surface area (Å²) >= 11 is 11.9. The van der Waals surface area contributed by atoms with Crippen LogP contribution in [0.5, 0.6) is 0 Å². The van der Waals surface area contributed by atoms with E-state index in [0.29, 0.717) is 47.7 Å². The average molecular weight is 382 g/mol. The van der Waals surface area contributed by atoms with Crippen molar-refractivity contribution in [1.82, 2.24) is 9.80 Å². The molecule has 132 valence electrons. The van der Waals surface area contributed by atoms with Crippen LogP contribution in [0.25, 0.3) is 0 Å². The molecule has 8 heteroatoms. The van der Waals surface area contributed by atoms with E-state index in [1.54, 1.807) is 40.1 Å². The van der Waals surface area contributed by atoms with Gasteiger partial charge in [-0.2, -0.15) is 0 Å². The van der Waals surface area contributed by atoms with E-state index in [9.17, 15) is 9.59 Å². The van der Waals surface area contributed by atoms with Crippen molar-refractivity contribution in [3.05, 3.63) is 52.4 Å². The standard InChI is InChI=1S/C17H17Cl2N3O3/c18-12-3-4-14(13(19)10-12)20-11-16(23)21-5-7-22(8-6-21)17(24)15-2-1-9-25-15/h1-4,9-10,20H,5-8,11H2. The molecule has 0 unspecified atom stereocenters. The SMILES string of the molecule is O=C(CNc1ccc(Cl)cc1Cl)N1CCN(C(=O)c2ccco2)CC1. The molecule has 0 bridgehead atoms. The van der Waals surface area contributed by atoms with Crippen LogP contribution in [-0.2, 0) is 4.79 Å². The molecule has 1 N–H and O–H groups in total. The summed E-state index contributed by atoms with van der Waals surface area (Å²) < 4.78 is 5.13. The number of piperazine rings is 1. The van der Waals surface area contributed by atoms with E-state index < -0.39 is 0 Å². The van der Waals surface area contributed by atoms with Crippen LogP contribution >= 0.6 is 23.2 Å². The van der Waals surface area contributed by atoms with Crippen molar-refractivity contribution in [3.8, 4) is 0 Å². The molecule has 1 fully saturated rings. The van der Waals surface area contributed by atoms with E-state index in [-0.39, 0.29) is 18.4 Å². The monoisotopic (exact) mass is 381 g/mol. The number of hydrogen-bond donors (Lipinski definition) is 1. The molecule has 0 radical (unpaired) electrons. The van der Waals surface area contributed by atoms with E-state index in [0.717, 1.165) is 0 Å². The first-order valence-electron chi connectivity index (χ1n) is 7.84. The van der Waals surface area contributed by atoms with Gasteiger partial charge in [0.1, 0.15) is 0 Å². The highest BCUT2D eigenvalue weighted by Gasteiger charge is 2.25. The molecule has 0 atom stereocenters. The Balaban J connectivity index is 1.49. The maximum absolute atomic E-state index is 12.3. The van der Waals surface area contributed by atoms with Crippen molar-refractivity contribution in [1.29, 1.82) is 0 Å². The van der Waals surface area contributed by atoms with Crippen LogP contribution in [-0.4, -0.2) is 54.3 Å². The van der Waals surface area contributed by atoms with Gasteiger partial charge in [-0.1, -0.05) is 23.2 Å². The predicted octanol–water partition coefficient (Wildman–Crippen LogP) is 2.98. The third-order valence-corrected chi connectivity index (χ3v) is 4.56. The Hall–Kier alpha value is -2.18. The van der Waals surface area contributed by atoms with Gasteiger partial charge in [-0.15, -0.1) is 0 Å². The first kappa shape index (κ1) is 17.6. The Labute approximate surface area is 155 Å². The second-order valence-electron chi connectivity index (χ2n) is 5.63. The number of amides is 2. The van der Waals surface area contributed by atoms with Gasteiger partial charge in [0.15, 0.2) is 5.76 Å². The number of anilines is 1. The first-order chi connectivity index (χ1) is 12.0. The van der Waals surface area contributed by atoms with E-state index >= 15 is 0 Å². The number of hydrogen-bond acceptors (Lipinski definition) is 4. The third-order valence-electron chi connectivity index (χ3n) is 4.01. The van der Waals surface area contributed by atoms with Crippen LogP contribution in [0.4, 0.5) is 5.69 Å². The number of rotatable bonds is 4. The lowest BCUT2D eigenvalue weighted by atomic mass is 10.2. The molecule has 1 aliphatic heterocycles. The number of benzene rings is 1. The molecule has 6 nitrogen and oxygen atoms in total. The third kappa shape index (κ3) is 4.27. The lowest BCUT2D eigenvalue weighted by Crippen LogP contribution is -2.51. The summed E-state index contributed by atoms with van der Waals surface area (Å²) in [7, 11) is 0. The topological polar surface area (TPSA) is 65.8 Å². The number of nitrogens with zero attached hydrogens (tertiary/aromatic N) is 2. The van der Waals surface area contributed by atoms with E-state index in [4.69, 9.17) is 27.6 Å². The zero-order valence-electron chi connectivity index (χ0n) is 13.4. The van der Waals surface area contributed by atoms with Crippen molar-refractivity contribution < 1.29 is 14.0 Å². The van der Waals surface area contributed by atoms with Crippen LogP contribution in [0.3, 0.4) is 0 Å². The van der Waals surface area contributed by atoms with Crippen LogP contribution in [0.15, 0.2) is 41.0 Å². The number of carbonyl (C=O) groups is 2. The Bertz CT molecular complexity index is 757. The second-order valence-corrected chi connectivity index (χ2v) is 6.47. The summed E-state index contributed by atoms with van der Waals surface area (Å²) in [5, 5.41) is 4.02. The van der Waals surface area contributed by atoms with Gasteiger partial charge in [0.05, 0.1) is 23.5 Å². The van der Waals surface area contributed by atoms with E-state index in [1.165, 1.54) is 6.26 Å². The molecule has 2 aromatic rings. The molecule has 0 aliphatic carbocycles. The number of furan rings is 1. The predicted molar refractivity (Wildman–Crippen MR) is 96.1 cm³/mol. The van der Waals surface area contributed by atoms with Gasteiger partial charge in [-0.05, 0) is 30.3 Å². The second kappa shape index (κ2) is 7.80. The van der Waals surface area contributed by atoms with Crippen LogP contribution in [0, 0.1) is 0 Å². The summed E-state index contributed by atoms with van der Waals surface area (Å²) in [4.78, 5) is 27.9. The highest BCUT2D eigenvalue weighted by Crippen LogP contribution is 2.25. The summed E-state index contributed by atoms with van der Waals surface area (Å²) in [5.41, 5.74) is 0.658. The fourth-order valence-corrected chi connectivity index (χ4v) is 3.11. The minimum absolute atomic E-state index is 0.0453. The molecule has 0 saturated carbocycles. The Kier molecular flexibility index (Phi) is 5.50. The zero-order chi connectivity index (χ0) is 17.8. The normalized spacial score (nSPS) is 14.5. The minimum atomic E-state index is -0.150. The summed E-state index contributed by atoms with van der Waals surface area (Å²) in [6, 6.07) is 8.38. The van der Waals surface area contributed by atoms with E-state index in [1.807, 2.05) is 0 Å². The van der Waals surface area contributed by atoms with Crippen molar-refractivity contribution >= 4 is 40.7 Å². The van der Waals surface area contributed by atoms with Crippen molar-refractivity contribution in [2.75, 3.05) is 38.0 Å². The van der Waals surface area contributed by atoms with Crippen LogP contribution in [0.1, 0.15) is 10.6 Å². The summed E-state index contributed by atoms with van der Waals surface area (Å²) in [6.45, 7) is 2.07. The highest BCUT2D eigenvalue weighted by atomic mass is 35.5. The Morgan fingerprint density at radius 3 is 2.44 bits per heavy atom. The van der Waals surface area contributed by atoms with Crippen LogP contribution < -0.4 is 5.32 Å². The largest absolute Gasteiger partial charge is 0.459 e. The van der Waals surface area contributed by atoms with Gasteiger partial charge < -0.3 is 19.5 Å². The first-order valence-corrected chi connectivity index (χ1v) is 8.59. The zero-order valence-corrected chi connectivity index (χ0v) is 14.9. The highest BCUT2D eigenvalue weighted by molar-refractivity contribution is 6.36. The average Bonchev–Trinajstić information content (AvgIpc) is 3.15. The molecule has 0 spiro atoms. The number of carbonyl (C=O) groups excluding carboxylic acids is 2. The molecule has 1 aliphatic rings. The smallest absolute Gasteiger partial charge is 0.289 e. The van der Waals surface area contributed by atoms with Crippen molar-refractivity contribution in [3.63, 3.8) is 0 Å². The van der Waals surface area contributed by atoms with Crippen molar-refractivity contribution in [2.24, 2.45) is 0 Å². The minimum Gasteiger partial charge on any atom is -0.459 e. The lowest BCUT2D eigenvalue weighted by Gasteiger charge is -2.34. The molecule has 2 amide bonds. The Morgan fingerprint density at radius 2 is 1.80 bits per heavy atom. The lowest BCUT2D eigenvalue weighted by molar-refractivity contribution is -0.130. The summed E-state index contributed by atoms with van der Waals surface area (Å²) in [6.07, 6.45) is 1.47. The molecule has 1 saturated heterocycles. The number of nitrogens with one attached hydrogen (secondary N) is 1. The van der Waals surface area contributed by atoms with Gasteiger partial charge in [-0.25, -0.2) is 0 Å². The molecule has 1 aromatic carbocycles. The van der Waals surface area contributed by atoms with Crippen molar-refractivity contribution in [2.45, 2.75) is 0 Å². The Morgan fingerprint density at radius 1 is 1.08 bits per heavy atom. The quantitative estimate of drug-likeness (QED) is 0.883. The molecule has 25 heavy (non-hydrogen) atoms. The fourth-order valence-electron chi connectivity index (χ4n) is 2.63.